The zero-order valence-corrected chi connectivity index (χ0v) is 13.4. The molecule has 0 atom stereocenters. The largest absolute Gasteiger partial charge is 0.334 e. The van der Waals surface area contributed by atoms with Crippen molar-refractivity contribution in [1.82, 2.24) is 14.9 Å². The number of H-pyrrole nitrogens is 2. The highest BCUT2D eigenvalue weighted by atomic mass is 35.5. The number of benzene rings is 1. The van der Waals surface area contributed by atoms with Crippen LogP contribution in [0.5, 0.6) is 0 Å². The maximum absolute atomic E-state index is 11.8. The Kier molecular flexibility index (Phi) is 4.17. The summed E-state index contributed by atoms with van der Waals surface area (Å²) in [5.74, 6) is 0. The molecule has 3 rings (SSSR count). The summed E-state index contributed by atoms with van der Waals surface area (Å²) in [4.78, 5) is 19.8. The second-order valence-electron chi connectivity index (χ2n) is 5.10. The van der Waals surface area contributed by atoms with Crippen LogP contribution in [0.4, 0.5) is 0 Å². The summed E-state index contributed by atoms with van der Waals surface area (Å²) in [6.07, 6.45) is 0.699. The predicted molar refractivity (Wildman–Crippen MR) is 86.5 cm³/mol. The number of rotatable bonds is 2. The third-order valence-electron chi connectivity index (χ3n) is 3.52. The van der Waals surface area contributed by atoms with Crippen molar-refractivity contribution in [3.8, 4) is 0 Å². The summed E-state index contributed by atoms with van der Waals surface area (Å²) in [6, 6.07) is 5.53. The molecule has 110 valence electrons. The lowest BCUT2D eigenvalue weighted by Crippen LogP contribution is -2.34. The first-order chi connectivity index (χ1) is 10.0. The molecule has 2 heterocycles. The number of aromatic nitrogens is 2. The molecule has 0 saturated heterocycles. The van der Waals surface area contributed by atoms with E-state index >= 15 is 0 Å². The van der Waals surface area contributed by atoms with Crippen molar-refractivity contribution in [2.45, 2.75) is 19.5 Å². The average Bonchev–Trinajstić information content (AvgIpc) is 2.36. The highest BCUT2D eigenvalue weighted by Gasteiger charge is 2.19. The predicted octanol–water partition coefficient (Wildman–Crippen LogP) is 3.30. The van der Waals surface area contributed by atoms with E-state index in [0.29, 0.717) is 27.8 Å². The van der Waals surface area contributed by atoms with Gasteiger partial charge in [-0.1, -0.05) is 23.2 Å². The molecule has 0 spiro atoms. The molecule has 1 aliphatic rings. The molecule has 0 amide bonds. The molecule has 0 radical (unpaired) electrons. The molecule has 21 heavy (non-hydrogen) atoms. The van der Waals surface area contributed by atoms with E-state index in [0.717, 1.165) is 29.9 Å². The zero-order chi connectivity index (χ0) is 15.0. The maximum atomic E-state index is 11.8. The van der Waals surface area contributed by atoms with Gasteiger partial charge in [-0.25, -0.2) is 0 Å². The van der Waals surface area contributed by atoms with Gasteiger partial charge in [0.15, 0.2) is 4.77 Å². The lowest BCUT2D eigenvalue weighted by atomic mass is 10.1. The van der Waals surface area contributed by atoms with Crippen molar-refractivity contribution in [2.24, 2.45) is 0 Å². The van der Waals surface area contributed by atoms with Crippen molar-refractivity contribution in [2.75, 3.05) is 6.54 Å². The van der Waals surface area contributed by atoms with Gasteiger partial charge in [-0.2, -0.15) is 0 Å². The number of hydrogen-bond donors (Lipinski definition) is 2. The molecule has 1 aromatic heterocycles. The highest BCUT2D eigenvalue weighted by molar-refractivity contribution is 7.71. The van der Waals surface area contributed by atoms with Gasteiger partial charge in [0.05, 0.1) is 0 Å². The van der Waals surface area contributed by atoms with Gasteiger partial charge in [0.1, 0.15) is 0 Å². The van der Waals surface area contributed by atoms with E-state index in [4.69, 9.17) is 35.4 Å². The Labute approximate surface area is 136 Å². The van der Waals surface area contributed by atoms with E-state index < -0.39 is 0 Å². The van der Waals surface area contributed by atoms with Crippen LogP contribution in [0.2, 0.25) is 10.0 Å². The minimum absolute atomic E-state index is 0.0841. The zero-order valence-electron chi connectivity index (χ0n) is 11.1. The van der Waals surface area contributed by atoms with Gasteiger partial charge in [0.2, 0.25) is 0 Å². The normalized spacial score (nSPS) is 15.0. The summed E-state index contributed by atoms with van der Waals surface area (Å²) >= 11 is 17.1. The van der Waals surface area contributed by atoms with Gasteiger partial charge in [0.25, 0.3) is 5.56 Å². The molecule has 0 bridgehead atoms. The van der Waals surface area contributed by atoms with Gasteiger partial charge in [-0.05, 0) is 42.4 Å². The first-order valence-corrected chi connectivity index (χ1v) is 7.69. The number of halogens is 2. The molecule has 0 aliphatic carbocycles. The van der Waals surface area contributed by atoms with Gasteiger partial charge >= 0.3 is 0 Å². The molecule has 0 saturated carbocycles. The van der Waals surface area contributed by atoms with E-state index in [2.05, 4.69) is 14.9 Å². The summed E-state index contributed by atoms with van der Waals surface area (Å²) in [6.45, 7) is 2.20. The van der Waals surface area contributed by atoms with Crippen LogP contribution in [0.15, 0.2) is 23.0 Å². The fourth-order valence-corrected chi connectivity index (χ4v) is 3.41. The quantitative estimate of drug-likeness (QED) is 0.824. The topological polar surface area (TPSA) is 51.9 Å². The molecule has 1 aromatic carbocycles. The van der Waals surface area contributed by atoms with Crippen LogP contribution >= 0.6 is 35.4 Å². The van der Waals surface area contributed by atoms with Crippen LogP contribution in [0.25, 0.3) is 0 Å². The Morgan fingerprint density at radius 1 is 1.19 bits per heavy atom. The Morgan fingerprint density at radius 2 is 1.90 bits per heavy atom. The number of nitrogens with one attached hydrogen (secondary N) is 2. The number of fused-ring (bicyclic) bond motifs is 1. The third kappa shape index (κ3) is 3.37. The summed E-state index contributed by atoms with van der Waals surface area (Å²) in [5.41, 5.74) is 2.66. The fourth-order valence-electron chi connectivity index (χ4n) is 2.63. The average molecular weight is 342 g/mol. The number of aromatic amines is 2. The molecule has 2 aromatic rings. The molecule has 1 aliphatic heterocycles. The summed E-state index contributed by atoms with van der Waals surface area (Å²) in [7, 11) is 0. The number of hydrogen-bond acceptors (Lipinski definition) is 3. The summed E-state index contributed by atoms with van der Waals surface area (Å²) in [5, 5.41) is 1.26. The lowest BCUT2D eigenvalue weighted by Gasteiger charge is -2.27. The first-order valence-electron chi connectivity index (χ1n) is 6.53. The SMILES string of the molecule is O=c1[nH]c(=S)[nH]c2c1CCN(Cc1cc(Cl)cc(Cl)c1)C2. The molecule has 0 fully saturated rings. The monoisotopic (exact) mass is 341 g/mol. The van der Waals surface area contributed by atoms with Crippen LogP contribution in [-0.4, -0.2) is 21.4 Å². The molecular weight excluding hydrogens is 329 g/mol. The van der Waals surface area contributed by atoms with Gasteiger partial charge in [-0.15, -0.1) is 0 Å². The Bertz CT molecular complexity index is 779. The van der Waals surface area contributed by atoms with Gasteiger partial charge < -0.3 is 4.98 Å². The lowest BCUT2D eigenvalue weighted by molar-refractivity contribution is 0.240. The minimum atomic E-state index is -0.0841. The van der Waals surface area contributed by atoms with Gasteiger partial charge in [0, 0.05) is 40.9 Å². The van der Waals surface area contributed by atoms with Gasteiger partial charge in [-0.3, -0.25) is 14.7 Å². The number of nitrogens with zero attached hydrogens (tertiary/aromatic N) is 1. The third-order valence-corrected chi connectivity index (χ3v) is 4.16. The molecular formula is C14H13Cl2N3OS. The van der Waals surface area contributed by atoms with Crippen molar-refractivity contribution in [3.63, 3.8) is 0 Å². The molecule has 4 nitrogen and oxygen atoms in total. The molecule has 7 heteroatoms. The van der Waals surface area contributed by atoms with Crippen LogP contribution in [-0.2, 0) is 19.5 Å². The molecule has 0 unspecified atom stereocenters. The standard InChI is InChI=1S/C14H13Cl2N3OS/c15-9-3-8(4-10(16)5-9)6-19-2-1-11-12(7-19)17-14(21)18-13(11)20/h3-5H,1-2,6-7H2,(H2,17,18,20,21). The van der Waals surface area contributed by atoms with Crippen LogP contribution < -0.4 is 5.56 Å². The van der Waals surface area contributed by atoms with Crippen molar-refractivity contribution >= 4 is 35.4 Å². The van der Waals surface area contributed by atoms with Crippen molar-refractivity contribution < 1.29 is 0 Å². The van der Waals surface area contributed by atoms with E-state index in [1.807, 2.05) is 12.1 Å². The highest BCUT2D eigenvalue weighted by Crippen LogP contribution is 2.22. The minimum Gasteiger partial charge on any atom is -0.334 e. The maximum Gasteiger partial charge on any atom is 0.255 e. The van der Waals surface area contributed by atoms with Crippen LogP contribution in [0, 0.1) is 4.77 Å². The van der Waals surface area contributed by atoms with Crippen LogP contribution in [0.3, 0.4) is 0 Å². The Balaban J connectivity index is 1.83. The van der Waals surface area contributed by atoms with E-state index in [1.54, 1.807) is 6.07 Å². The van der Waals surface area contributed by atoms with Crippen molar-refractivity contribution in [3.05, 3.63) is 60.2 Å². The van der Waals surface area contributed by atoms with Crippen molar-refractivity contribution in [1.29, 1.82) is 0 Å². The van der Waals surface area contributed by atoms with E-state index in [1.165, 1.54) is 0 Å². The summed E-state index contributed by atoms with van der Waals surface area (Å²) < 4.78 is 0.367. The Morgan fingerprint density at radius 3 is 2.62 bits per heavy atom. The first kappa shape index (κ1) is 14.8. The van der Waals surface area contributed by atoms with E-state index in [-0.39, 0.29) is 5.56 Å². The molecule has 2 N–H and O–H groups in total. The second-order valence-corrected chi connectivity index (χ2v) is 6.38. The van der Waals surface area contributed by atoms with Crippen LogP contribution in [0.1, 0.15) is 16.8 Å². The Hall–Kier alpha value is -1.14. The second kappa shape index (κ2) is 5.93. The fraction of sp³-hybridized carbons (Fsp3) is 0.286. The smallest absolute Gasteiger partial charge is 0.255 e. The van der Waals surface area contributed by atoms with E-state index in [9.17, 15) is 4.79 Å².